The van der Waals surface area contributed by atoms with Crippen LogP contribution < -0.4 is 5.32 Å². The van der Waals surface area contributed by atoms with E-state index in [2.05, 4.69) is 46.3 Å². The van der Waals surface area contributed by atoms with Gasteiger partial charge in [0.25, 0.3) is 5.91 Å². The lowest BCUT2D eigenvalue weighted by Gasteiger charge is -2.11. The number of aromatic nitrogens is 1. The number of aryl methyl sites for hydroxylation is 1. The Morgan fingerprint density at radius 2 is 1.44 bits per heavy atom. The van der Waals surface area contributed by atoms with E-state index < -0.39 is 5.91 Å². The molecule has 1 heterocycles. The molecule has 0 atom stereocenters. The second kappa shape index (κ2) is 8.73. The van der Waals surface area contributed by atoms with Crippen LogP contribution >= 0.6 is 0 Å². The third-order valence-corrected chi connectivity index (χ3v) is 6.13. The summed E-state index contributed by atoms with van der Waals surface area (Å²) in [5.41, 5.74) is 4.62. The van der Waals surface area contributed by atoms with Crippen LogP contribution in [0.1, 0.15) is 17.0 Å². The van der Waals surface area contributed by atoms with Gasteiger partial charge in [0.1, 0.15) is 11.6 Å². The smallest absolute Gasteiger partial charge is 0.266 e. The Hall–Kier alpha value is -4.62. The van der Waals surface area contributed by atoms with Crippen LogP contribution in [0.3, 0.4) is 0 Å². The van der Waals surface area contributed by atoms with Crippen molar-refractivity contribution < 1.29 is 4.79 Å². The molecule has 0 spiro atoms. The van der Waals surface area contributed by atoms with Crippen molar-refractivity contribution in [1.82, 2.24) is 4.57 Å². The molecular weight excluding hydrogens is 418 g/mol. The molecule has 4 aromatic carbocycles. The van der Waals surface area contributed by atoms with Gasteiger partial charge in [0, 0.05) is 22.8 Å². The zero-order valence-electron chi connectivity index (χ0n) is 19.0. The summed E-state index contributed by atoms with van der Waals surface area (Å²) in [7, 11) is 0. The van der Waals surface area contributed by atoms with Gasteiger partial charge in [-0.2, -0.15) is 5.26 Å². The van der Waals surface area contributed by atoms with Gasteiger partial charge < -0.3 is 9.88 Å². The number of nitrogens with zero attached hydrogens (tertiary/aromatic N) is 2. The number of hydrogen-bond donors (Lipinski definition) is 1. The van der Waals surface area contributed by atoms with Crippen molar-refractivity contribution >= 4 is 39.2 Å². The minimum absolute atomic E-state index is 0.0620. The number of carbonyl (C=O) groups excluding carboxylic acids is 1. The summed E-state index contributed by atoms with van der Waals surface area (Å²) in [6, 6.07) is 32.3. The van der Waals surface area contributed by atoms with Crippen molar-refractivity contribution in [2.45, 2.75) is 13.8 Å². The number of benzene rings is 4. The van der Waals surface area contributed by atoms with Gasteiger partial charge >= 0.3 is 0 Å². The summed E-state index contributed by atoms with van der Waals surface area (Å²) in [6.07, 6.45) is 1.66. The molecule has 0 unspecified atom stereocenters. The van der Waals surface area contributed by atoms with E-state index >= 15 is 0 Å². The zero-order chi connectivity index (χ0) is 23.7. The quantitative estimate of drug-likeness (QED) is 0.242. The second-order valence-corrected chi connectivity index (χ2v) is 8.38. The molecule has 0 aliphatic rings. The van der Waals surface area contributed by atoms with Crippen molar-refractivity contribution in [2.75, 3.05) is 5.32 Å². The van der Waals surface area contributed by atoms with Crippen LogP contribution in [-0.4, -0.2) is 10.5 Å². The number of anilines is 1. The SMILES string of the molecule is Cc1cc(C=C(C#N)C(=O)Nc2ccc3ccccc3c2)c(C)n1-c1ccc2ccccc2c1. The molecule has 5 aromatic rings. The van der Waals surface area contributed by atoms with Crippen LogP contribution in [-0.2, 0) is 4.79 Å². The maximum Gasteiger partial charge on any atom is 0.266 e. The summed E-state index contributed by atoms with van der Waals surface area (Å²) >= 11 is 0. The van der Waals surface area contributed by atoms with E-state index in [-0.39, 0.29) is 5.57 Å². The van der Waals surface area contributed by atoms with Gasteiger partial charge in [-0.3, -0.25) is 4.79 Å². The monoisotopic (exact) mass is 441 g/mol. The summed E-state index contributed by atoms with van der Waals surface area (Å²) in [5, 5.41) is 17.1. The molecule has 1 N–H and O–H groups in total. The molecule has 0 aliphatic carbocycles. The van der Waals surface area contributed by atoms with Crippen LogP contribution in [0.15, 0.2) is 96.6 Å². The number of amides is 1. The largest absolute Gasteiger partial charge is 0.321 e. The number of fused-ring (bicyclic) bond motifs is 2. The minimum Gasteiger partial charge on any atom is -0.321 e. The number of carbonyl (C=O) groups is 1. The fraction of sp³-hybridized carbons (Fsp3) is 0.0667. The van der Waals surface area contributed by atoms with E-state index in [4.69, 9.17) is 0 Å². The van der Waals surface area contributed by atoms with Gasteiger partial charge in [-0.05, 0) is 77.4 Å². The second-order valence-electron chi connectivity index (χ2n) is 8.38. The highest BCUT2D eigenvalue weighted by Crippen LogP contribution is 2.26. The van der Waals surface area contributed by atoms with E-state index in [0.717, 1.165) is 38.8 Å². The van der Waals surface area contributed by atoms with Gasteiger partial charge in [0.05, 0.1) is 0 Å². The Kier molecular flexibility index (Phi) is 5.45. The van der Waals surface area contributed by atoms with E-state index in [1.807, 2.05) is 74.5 Å². The highest BCUT2D eigenvalue weighted by molar-refractivity contribution is 6.10. The van der Waals surface area contributed by atoms with Gasteiger partial charge in [-0.25, -0.2) is 0 Å². The van der Waals surface area contributed by atoms with Crippen molar-refractivity contribution in [3.05, 3.63) is 114 Å². The summed E-state index contributed by atoms with van der Waals surface area (Å²) in [5.74, 6) is -0.423. The van der Waals surface area contributed by atoms with E-state index in [1.54, 1.807) is 6.08 Å². The normalized spacial score (nSPS) is 11.5. The fourth-order valence-electron chi connectivity index (χ4n) is 4.42. The first-order chi connectivity index (χ1) is 16.5. The molecule has 5 rings (SSSR count). The Morgan fingerprint density at radius 3 is 2.12 bits per heavy atom. The molecule has 164 valence electrons. The van der Waals surface area contributed by atoms with Crippen molar-refractivity contribution in [3.63, 3.8) is 0 Å². The van der Waals surface area contributed by atoms with Crippen LogP contribution in [0, 0.1) is 25.2 Å². The maximum atomic E-state index is 12.9. The summed E-state index contributed by atoms with van der Waals surface area (Å²) in [6.45, 7) is 4.03. The van der Waals surface area contributed by atoms with Crippen molar-refractivity contribution in [1.29, 1.82) is 5.26 Å². The molecule has 34 heavy (non-hydrogen) atoms. The highest BCUT2D eigenvalue weighted by Gasteiger charge is 2.14. The van der Waals surface area contributed by atoms with Gasteiger partial charge in [0.15, 0.2) is 0 Å². The van der Waals surface area contributed by atoms with Crippen LogP contribution in [0.5, 0.6) is 0 Å². The topological polar surface area (TPSA) is 57.8 Å². The van der Waals surface area contributed by atoms with E-state index in [9.17, 15) is 10.1 Å². The molecule has 0 saturated heterocycles. The van der Waals surface area contributed by atoms with Crippen molar-refractivity contribution in [2.24, 2.45) is 0 Å². The Balaban J connectivity index is 1.46. The highest BCUT2D eigenvalue weighted by atomic mass is 16.1. The Bertz CT molecular complexity index is 1630. The average Bonchev–Trinajstić information content (AvgIpc) is 3.14. The molecular formula is C30H23N3O. The molecule has 4 heteroatoms. The van der Waals surface area contributed by atoms with Crippen LogP contribution in [0.2, 0.25) is 0 Å². The lowest BCUT2D eigenvalue weighted by atomic mass is 10.1. The standard InChI is InChI=1S/C30H23N3O/c1-20-15-26(21(2)33(20)29-14-12-23-8-4-6-10-25(23)18-29)16-27(19-31)30(34)32-28-13-11-22-7-3-5-9-24(22)17-28/h3-18H,1-2H3,(H,32,34). The third-order valence-electron chi connectivity index (χ3n) is 6.13. The number of nitrogens with one attached hydrogen (secondary N) is 1. The molecule has 1 amide bonds. The predicted molar refractivity (Wildman–Crippen MR) is 139 cm³/mol. The molecule has 0 aliphatic heterocycles. The van der Waals surface area contributed by atoms with Gasteiger partial charge in [-0.1, -0.05) is 60.7 Å². The first-order valence-electron chi connectivity index (χ1n) is 11.1. The summed E-state index contributed by atoms with van der Waals surface area (Å²) in [4.78, 5) is 12.9. The van der Waals surface area contributed by atoms with Crippen molar-refractivity contribution in [3.8, 4) is 11.8 Å². The first-order valence-corrected chi connectivity index (χ1v) is 11.1. The number of nitriles is 1. The fourth-order valence-corrected chi connectivity index (χ4v) is 4.42. The molecule has 0 radical (unpaired) electrons. The van der Waals surface area contributed by atoms with Gasteiger partial charge in [0.2, 0.25) is 0 Å². The summed E-state index contributed by atoms with van der Waals surface area (Å²) < 4.78 is 2.15. The molecule has 1 aromatic heterocycles. The third kappa shape index (κ3) is 3.96. The Labute approximate surface area is 198 Å². The van der Waals surface area contributed by atoms with Crippen LogP contribution in [0.4, 0.5) is 5.69 Å². The lowest BCUT2D eigenvalue weighted by Crippen LogP contribution is -2.13. The molecule has 0 saturated carbocycles. The van der Waals surface area contributed by atoms with E-state index in [0.29, 0.717) is 5.69 Å². The zero-order valence-corrected chi connectivity index (χ0v) is 19.0. The number of hydrogen-bond acceptors (Lipinski definition) is 2. The minimum atomic E-state index is -0.423. The predicted octanol–water partition coefficient (Wildman–Crippen LogP) is 6.95. The maximum absolute atomic E-state index is 12.9. The average molecular weight is 442 g/mol. The Morgan fingerprint density at radius 1 is 0.824 bits per heavy atom. The first kappa shape index (κ1) is 21.2. The lowest BCUT2D eigenvalue weighted by molar-refractivity contribution is -0.112. The molecule has 0 fully saturated rings. The van der Waals surface area contributed by atoms with Crippen LogP contribution in [0.25, 0.3) is 33.3 Å². The van der Waals surface area contributed by atoms with Gasteiger partial charge in [-0.15, -0.1) is 0 Å². The molecule has 4 nitrogen and oxygen atoms in total. The number of rotatable bonds is 4. The van der Waals surface area contributed by atoms with E-state index in [1.165, 1.54) is 5.39 Å². The molecule has 0 bridgehead atoms.